The molecule has 0 aromatic heterocycles. The lowest BCUT2D eigenvalue weighted by Gasteiger charge is -2.56. The third-order valence-electron chi connectivity index (χ3n) is 4.15. The smallest absolute Gasteiger partial charge is 0.0659 e. The predicted octanol–water partition coefficient (Wildman–Crippen LogP) is 3.38. The van der Waals surface area contributed by atoms with E-state index in [1.807, 2.05) is 0 Å². The van der Waals surface area contributed by atoms with Crippen LogP contribution in [-0.4, -0.2) is 11.7 Å². The summed E-state index contributed by atoms with van der Waals surface area (Å²) in [5.41, 5.74) is 0.693. The third kappa shape index (κ3) is 1.41. The summed E-state index contributed by atoms with van der Waals surface area (Å²) in [7, 11) is 0. The van der Waals surface area contributed by atoms with Gasteiger partial charge in [0.15, 0.2) is 0 Å². The van der Waals surface area contributed by atoms with Crippen LogP contribution in [0.25, 0.3) is 0 Å². The Bertz CT molecular complexity index is 199. The van der Waals surface area contributed by atoms with Gasteiger partial charge in [-0.05, 0) is 43.9 Å². The molecule has 3 fully saturated rings. The zero-order valence-electron chi connectivity index (χ0n) is 9.39. The van der Waals surface area contributed by atoms with Crippen LogP contribution in [0.3, 0.4) is 0 Å². The highest BCUT2D eigenvalue weighted by atomic mass is 16.5. The Morgan fingerprint density at radius 2 is 1.62 bits per heavy atom. The van der Waals surface area contributed by atoms with Gasteiger partial charge in [0.25, 0.3) is 0 Å². The van der Waals surface area contributed by atoms with Crippen LogP contribution in [0.15, 0.2) is 0 Å². The van der Waals surface area contributed by atoms with Crippen LogP contribution >= 0.6 is 0 Å². The van der Waals surface area contributed by atoms with Gasteiger partial charge in [-0.3, -0.25) is 0 Å². The Kier molecular flexibility index (Phi) is 1.99. The molecular weight excluding hydrogens is 160 g/mol. The third-order valence-corrected chi connectivity index (χ3v) is 4.15. The standard InChI is InChI=1S/C12H22O/c1-9(2)10-11(3)5-7-12(4,13-10)8-6-11/h9-10H,5-8H2,1-4H3. The Labute approximate surface area is 81.9 Å². The molecule has 2 bridgehead atoms. The average molecular weight is 182 g/mol. The van der Waals surface area contributed by atoms with E-state index in [1.54, 1.807) is 0 Å². The maximum Gasteiger partial charge on any atom is 0.0659 e. The van der Waals surface area contributed by atoms with Crippen molar-refractivity contribution >= 4 is 0 Å². The van der Waals surface area contributed by atoms with Crippen molar-refractivity contribution in [2.24, 2.45) is 11.3 Å². The van der Waals surface area contributed by atoms with Crippen LogP contribution in [0.4, 0.5) is 0 Å². The highest BCUT2D eigenvalue weighted by Crippen LogP contribution is 2.53. The van der Waals surface area contributed by atoms with E-state index in [1.165, 1.54) is 25.7 Å². The first-order chi connectivity index (χ1) is 5.95. The first-order valence-electron chi connectivity index (χ1n) is 5.63. The molecule has 76 valence electrons. The molecule has 0 radical (unpaired) electrons. The molecule has 1 unspecified atom stereocenters. The summed E-state index contributed by atoms with van der Waals surface area (Å²) in [5.74, 6) is 0.671. The molecule has 2 heterocycles. The quantitative estimate of drug-likeness (QED) is 0.604. The van der Waals surface area contributed by atoms with E-state index >= 15 is 0 Å². The van der Waals surface area contributed by atoms with Crippen LogP contribution in [0.5, 0.6) is 0 Å². The van der Waals surface area contributed by atoms with Crippen molar-refractivity contribution < 1.29 is 4.74 Å². The molecule has 1 aliphatic carbocycles. The summed E-state index contributed by atoms with van der Waals surface area (Å²) >= 11 is 0. The second-order valence-electron chi connectivity index (χ2n) is 5.89. The van der Waals surface area contributed by atoms with Crippen molar-refractivity contribution in [2.45, 2.75) is 65.1 Å². The molecule has 0 N–H and O–H groups in total. The van der Waals surface area contributed by atoms with Gasteiger partial charge in [0.2, 0.25) is 0 Å². The van der Waals surface area contributed by atoms with E-state index in [2.05, 4.69) is 27.7 Å². The second kappa shape index (κ2) is 2.73. The van der Waals surface area contributed by atoms with E-state index in [-0.39, 0.29) is 5.60 Å². The lowest BCUT2D eigenvalue weighted by atomic mass is 9.62. The zero-order valence-corrected chi connectivity index (χ0v) is 9.39. The van der Waals surface area contributed by atoms with E-state index in [4.69, 9.17) is 4.74 Å². The molecule has 3 aliphatic rings. The first kappa shape index (κ1) is 9.51. The molecule has 3 rings (SSSR count). The van der Waals surface area contributed by atoms with E-state index in [9.17, 15) is 0 Å². The van der Waals surface area contributed by atoms with Crippen molar-refractivity contribution in [2.75, 3.05) is 0 Å². The Morgan fingerprint density at radius 1 is 1.08 bits per heavy atom. The van der Waals surface area contributed by atoms with Gasteiger partial charge in [-0.25, -0.2) is 0 Å². The lowest BCUT2D eigenvalue weighted by Crippen LogP contribution is -2.55. The molecule has 1 saturated carbocycles. The van der Waals surface area contributed by atoms with Gasteiger partial charge in [-0.2, -0.15) is 0 Å². The molecule has 2 saturated heterocycles. The molecule has 1 atom stereocenters. The fraction of sp³-hybridized carbons (Fsp3) is 1.00. The molecule has 0 aromatic carbocycles. The molecule has 1 heteroatoms. The van der Waals surface area contributed by atoms with Crippen molar-refractivity contribution in [1.29, 1.82) is 0 Å². The number of hydrogen-bond acceptors (Lipinski definition) is 1. The highest BCUT2D eigenvalue weighted by molar-refractivity contribution is 5.00. The SMILES string of the molecule is CC(C)C1OC2(C)CCC1(C)CC2. The van der Waals surface area contributed by atoms with Crippen LogP contribution in [0.2, 0.25) is 0 Å². The minimum atomic E-state index is 0.215. The molecule has 1 nitrogen and oxygen atoms in total. The van der Waals surface area contributed by atoms with Crippen molar-refractivity contribution in [3.63, 3.8) is 0 Å². The van der Waals surface area contributed by atoms with E-state index in [0.29, 0.717) is 17.4 Å². The van der Waals surface area contributed by atoms with Gasteiger partial charge in [0.1, 0.15) is 0 Å². The average Bonchev–Trinajstić information content (AvgIpc) is 2.07. The van der Waals surface area contributed by atoms with Gasteiger partial charge >= 0.3 is 0 Å². The maximum atomic E-state index is 6.24. The molecule has 2 aliphatic heterocycles. The summed E-state index contributed by atoms with van der Waals surface area (Å²) in [5, 5.41) is 0. The number of ether oxygens (including phenoxy) is 1. The van der Waals surface area contributed by atoms with Crippen molar-refractivity contribution in [3.8, 4) is 0 Å². The van der Waals surface area contributed by atoms with E-state index < -0.39 is 0 Å². The van der Waals surface area contributed by atoms with Crippen LogP contribution < -0.4 is 0 Å². The van der Waals surface area contributed by atoms with E-state index in [0.717, 1.165) is 0 Å². The molecule has 13 heavy (non-hydrogen) atoms. The summed E-state index contributed by atoms with van der Waals surface area (Å²) in [4.78, 5) is 0. The minimum Gasteiger partial charge on any atom is -0.371 e. The summed E-state index contributed by atoms with van der Waals surface area (Å²) in [6.45, 7) is 9.29. The van der Waals surface area contributed by atoms with Gasteiger partial charge in [-0.1, -0.05) is 20.8 Å². The van der Waals surface area contributed by atoms with Crippen molar-refractivity contribution in [3.05, 3.63) is 0 Å². The number of rotatable bonds is 1. The Morgan fingerprint density at radius 3 is 2.00 bits per heavy atom. The van der Waals surface area contributed by atoms with Gasteiger partial charge in [0, 0.05) is 0 Å². The topological polar surface area (TPSA) is 9.23 Å². The maximum absolute atomic E-state index is 6.24. The largest absolute Gasteiger partial charge is 0.371 e. The molecule has 0 spiro atoms. The van der Waals surface area contributed by atoms with Gasteiger partial charge in [-0.15, -0.1) is 0 Å². The minimum absolute atomic E-state index is 0.215. The van der Waals surface area contributed by atoms with Crippen LogP contribution in [0, 0.1) is 11.3 Å². The second-order valence-corrected chi connectivity index (χ2v) is 5.89. The number of hydrogen-bond donors (Lipinski definition) is 0. The fourth-order valence-corrected chi connectivity index (χ4v) is 3.14. The molecular formula is C12H22O. The highest BCUT2D eigenvalue weighted by Gasteiger charge is 2.51. The normalized spacial score (nSPS) is 50.1. The van der Waals surface area contributed by atoms with Gasteiger partial charge < -0.3 is 4.74 Å². The zero-order chi connectivity index (χ0) is 9.69. The van der Waals surface area contributed by atoms with Crippen LogP contribution in [-0.2, 0) is 4.74 Å². The Balaban J connectivity index is 2.21. The monoisotopic (exact) mass is 182 g/mol. The Hall–Kier alpha value is -0.0400. The summed E-state index contributed by atoms with van der Waals surface area (Å²) in [6, 6.07) is 0. The fourth-order valence-electron chi connectivity index (χ4n) is 3.14. The molecule has 0 amide bonds. The van der Waals surface area contributed by atoms with Gasteiger partial charge in [0.05, 0.1) is 11.7 Å². The predicted molar refractivity (Wildman–Crippen MR) is 54.7 cm³/mol. The van der Waals surface area contributed by atoms with Crippen LogP contribution in [0.1, 0.15) is 53.4 Å². The lowest BCUT2D eigenvalue weighted by molar-refractivity contribution is -0.233. The first-order valence-corrected chi connectivity index (χ1v) is 5.63. The summed E-state index contributed by atoms with van der Waals surface area (Å²) < 4.78 is 6.24. The summed E-state index contributed by atoms with van der Waals surface area (Å²) in [6.07, 6.45) is 5.78. The number of fused-ring (bicyclic) bond motifs is 3. The van der Waals surface area contributed by atoms with Crippen molar-refractivity contribution in [1.82, 2.24) is 0 Å². The molecule has 0 aromatic rings.